The number of benzene rings is 1. The molecular weight excluding hydrogens is 383 g/mol. The molecule has 1 unspecified atom stereocenters. The molecule has 7 nitrogen and oxygen atoms in total. The van der Waals surface area contributed by atoms with Crippen molar-refractivity contribution in [2.75, 3.05) is 13.7 Å². The van der Waals surface area contributed by atoms with Crippen molar-refractivity contribution < 1.29 is 9.13 Å². The molecule has 0 spiro atoms. The number of rotatable bonds is 5. The highest BCUT2D eigenvalue weighted by atomic mass is 19.1. The van der Waals surface area contributed by atoms with Crippen molar-refractivity contribution in [3.8, 4) is 17.0 Å². The van der Waals surface area contributed by atoms with Crippen LogP contribution in [-0.2, 0) is 13.0 Å². The number of nitrogens with zero attached hydrogens (tertiary/aromatic N) is 4. The van der Waals surface area contributed by atoms with Crippen LogP contribution in [0, 0.1) is 5.82 Å². The van der Waals surface area contributed by atoms with Gasteiger partial charge in [-0.05, 0) is 29.8 Å². The van der Waals surface area contributed by atoms with E-state index in [0.29, 0.717) is 23.6 Å². The van der Waals surface area contributed by atoms with Crippen LogP contribution < -0.4 is 4.74 Å². The number of hydrogen-bond donors (Lipinski definition) is 2. The summed E-state index contributed by atoms with van der Waals surface area (Å²) >= 11 is 0. The Morgan fingerprint density at radius 2 is 2.10 bits per heavy atom. The number of pyridine rings is 1. The molecule has 3 aromatic heterocycles. The van der Waals surface area contributed by atoms with Crippen LogP contribution in [0.15, 0.2) is 55.2 Å². The van der Waals surface area contributed by atoms with Gasteiger partial charge in [0.1, 0.15) is 11.6 Å². The lowest BCUT2D eigenvalue weighted by atomic mass is 9.95. The first-order valence-electron chi connectivity index (χ1n) is 9.77. The largest absolute Gasteiger partial charge is 0.497 e. The van der Waals surface area contributed by atoms with Crippen LogP contribution in [-0.4, -0.2) is 43.7 Å². The second-order valence-corrected chi connectivity index (χ2v) is 7.29. The Morgan fingerprint density at radius 3 is 2.90 bits per heavy atom. The van der Waals surface area contributed by atoms with Crippen molar-refractivity contribution in [1.29, 1.82) is 0 Å². The Balaban J connectivity index is 1.50. The number of imidazole rings is 1. The third-order valence-electron chi connectivity index (χ3n) is 5.58. The lowest BCUT2D eigenvalue weighted by Gasteiger charge is -2.35. The molecule has 8 heteroatoms. The van der Waals surface area contributed by atoms with Crippen molar-refractivity contribution in [3.63, 3.8) is 0 Å². The number of H-pyrrole nitrogens is 2. The summed E-state index contributed by atoms with van der Waals surface area (Å²) in [6.07, 6.45) is 7.98. The van der Waals surface area contributed by atoms with E-state index in [2.05, 4.69) is 30.0 Å². The summed E-state index contributed by atoms with van der Waals surface area (Å²) in [6.45, 7) is 1.45. The molecule has 1 atom stereocenters. The van der Waals surface area contributed by atoms with Crippen LogP contribution >= 0.6 is 0 Å². The lowest BCUT2D eigenvalue weighted by Crippen LogP contribution is -2.35. The van der Waals surface area contributed by atoms with Gasteiger partial charge in [0.25, 0.3) is 0 Å². The van der Waals surface area contributed by atoms with Gasteiger partial charge < -0.3 is 9.72 Å². The van der Waals surface area contributed by atoms with E-state index in [1.54, 1.807) is 37.1 Å². The number of halogens is 1. The molecule has 4 aromatic rings. The summed E-state index contributed by atoms with van der Waals surface area (Å²) < 4.78 is 19.8. The summed E-state index contributed by atoms with van der Waals surface area (Å²) in [5, 5.41) is 7.17. The summed E-state index contributed by atoms with van der Waals surface area (Å²) in [6, 6.07) is 8.87. The minimum absolute atomic E-state index is 0.00790. The summed E-state index contributed by atoms with van der Waals surface area (Å²) in [5.41, 5.74) is 5.38. The van der Waals surface area contributed by atoms with Crippen LogP contribution in [0.3, 0.4) is 0 Å². The average Bonchev–Trinajstić information content (AvgIpc) is 3.43. The molecule has 1 aromatic carbocycles. The molecule has 1 aliphatic heterocycles. The van der Waals surface area contributed by atoms with Gasteiger partial charge in [0.15, 0.2) is 0 Å². The van der Waals surface area contributed by atoms with Gasteiger partial charge in [0, 0.05) is 54.8 Å². The molecule has 0 saturated heterocycles. The smallest absolute Gasteiger partial charge is 0.136 e. The summed E-state index contributed by atoms with van der Waals surface area (Å²) in [7, 11) is 1.52. The van der Waals surface area contributed by atoms with E-state index in [9.17, 15) is 4.39 Å². The first-order chi connectivity index (χ1) is 14.7. The first kappa shape index (κ1) is 18.5. The molecule has 152 valence electrons. The SMILES string of the molecule is COc1ccc(-c2[nH]ncc2CN2CCc3[nH]cnc3C2c2ccncc2)c(F)c1. The van der Waals surface area contributed by atoms with Crippen molar-refractivity contribution >= 4 is 0 Å². The first-order valence-corrected chi connectivity index (χ1v) is 9.77. The summed E-state index contributed by atoms with van der Waals surface area (Å²) in [4.78, 5) is 14.3. The molecule has 2 N–H and O–H groups in total. The fraction of sp³-hybridized carbons (Fsp3) is 0.227. The minimum Gasteiger partial charge on any atom is -0.497 e. The third kappa shape index (κ3) is 3.25. The molecule has 0 fully saturated rings. The van der Waals surface area contributed by atoms with Gasteiger partial charge in [-0.25, -0.2) is 9.37 Å². The molecule has 0 bridgehead atoms. The Morgan fingerprint density at radius 1 is 1.23 bits per heavy atom. The van der Waals surface area contributed by atoms with E-state index in [1.807, 2.05) is 12.1 Å². The molecular formula is C22H21FN6O. The Kier molecular flexibility index (Phi) is 4.76. The van der Waals surface area contributed by atoms with E-state index in [-0.39, 0.29) is 11.9 Å². The zero-order valence-electron chi connectivity index (χ0n) is 16.5. The van der Waals surface area contributed by atoms with Gasteiger partial charge in [-0.1, -0.05) is 0 Å². The normalized spacial score (nSPS) is 16.4. The highest BCUT2D eigenvalue weighted by Gasteiger charge is 2.31. The van der Waals surface area contributed by atoms with Gasteiger partial charge >= 0.3 is 0 Å². The predicted molar refractivity (Wildman–Crippen MR) is 109 cm³/mol. The quantitative estimate of drug-likeness (QED) is 0.532. The van der Waals surface area contributed by atoms with E-state index in [0.717, 1.165) is 35.5 Å². The highest BCUT2D eigenvalue weighted by Crippen LogP contribution is 2.35. The molecule has 1 aliphatic rings. The fourth-order valence-corrected chi connectivity index (χ4v) is 4.12. The van der Waals surface area contributed by atoms with E-state index >= 15 is 0 Å². The zero-order chi connectivity index (χ0) is 20.5. The summed E-state index contributed by atoms with van der Waals surface area (Å²) in [5.74, 6) is 0.135. The molecule has 0 amide bonds. The molecule has 0 radical (unpaired) electrons. The van der Waals surface area contributed by atoms with Gasteiger partial charge in [0.2, 0.25) is 0 Å². The maximum absolute atomic E-state index is 14.7. The van der Waals surface area contributed by atoms with Crippen molar-refractivity contribution in [2.24, 2.45) is 0 Å². The van der Waals surface area contributed by atoms with Crippen LogP contribution in [0.4, 0.5) is 4.39 Å². The molecule has 0 saturated carbocycles. The second kappa shape index (κ2) is 7.72. The maximum Gasteiger partial charge on any atom is 0.136 e. The van der Waals surface area contributed by atoms with Crippen molar-refractivity contribution in [2.45, 2.75) is 19.0 Å². The monoisotopic (exact) mass is 404 g/mol. The van der Waals surface area contributed by atoms with Crippen LogP contribution in [0.2, 0.25) is 0 Å². The number of nitrogens with one attached hydrogen (secondary N) is 2. The standard InChI is InChI=1S/C22H21FN6O/c1-30-16-2-3-17(18(23)10-16)20-15(11-27-28-20)12-29-9-6-19-21(26-13-25-19)22(29)14-4-7-24-8-5-14/h2-5,7-8,10-11,13,22H,6,9,12H2,1H3,(H,25,26)(H,27,28). The van der Waals surface area contributed by atoms with Gasteiger partial charge in [-0.3, -0.25) is 15.0 Å². The van der Waals surface area contributed by atoms with E-state index in [4.69, 9.17) is 4.74 Å². The third-order valence-corrected chi connectivity index (χ3v) is 5.58. The van der Waals surface area contributed by atoms with Gasteiger partial charge in [-0.15, -0.1) is 0 Å². The van der Waals surface area contributed by atoms with Crippen LogP contribution in [0.25, 0.3) is 11.3 Å². The lowest BCUT2D eigenvalue weighted by molar-refractivity contribution is 0.200. The topological polar surface area (TPSA) is 82.7 Å². The van der Waals surface area contributed by atoms with E-state index < -0.39 is 0 Å². The van der Waals surface area contributed by atoms with Crippen LogP contribution in [0.5, 0.6) is 5.75 Å². The maximum atomic E-state index is 14.7. The molecule has 4 heterocycles. The van der Waals surface area contributed by atoms with Crippen molar-refractivity contribution in [1.82, 2.24) is 30.0 Å². The number of ether oxygens (including phenoxy) is 1. The van der Waals surface area contributed by atoms with E-state index in [1.165, 1.54) is 13.2 Å². The number of aromatic amines is 2. The number of aromatic nitrogens is 5. The second-order valence-electron chi connectivity index (χ2n) is 7.29. The predicted octanol–water partition coefficient (Wildman–Crippen LogP) is 3.49. The number of methoxy groups -OCH3 is 1. The molecule has 0 aliphatic carbocycles. The van der Waals surface area contributed by atoms with Gasteiger partial charge in [0.05, 0.1) is 37.1 Å². The Bertz CT molecular complexity index is 1160. The Labute approximate surface area is 173 Å². The molecule has 5 rings (SSSR count). The number of hydrogen-bond acceptors (Lipinski definition) is 5. The van der Waals surface area contributed by atoms with Gasteiger partial charge in [-0.2, -0.15) is 5.10 Å². The number of fused-ring (bicyclic) bond motifs is 1. The minimum atomic E-state index is -0.348. The van der Waals surface area contributed by atoms with Crippen molar-refractivity contribution in [3.05, 3.63) is 83.6 Å². The van der Waals surface area contributed by atoms with Crippen LogP contribution in [0.1, 0.15) is 28.6 Å². The Hall–Kier alpha value is -3.52. The average molecular weight is 404 g/mol. The highest BCUT2D eigenvalue weighted by molar-refractivity contribution is 5.64. The fourth-order valence-electron chi connectivity index (χ4n) is 4.12. The zero-order valence-corrected chi connectivity index (χ0v) is 16.5. The molecule has 30 heavy (non-hydrogen) atoms.